The third kappa shape index (κ3) is 4.25. The average molecular weight is 301 g/mol. The molecular formula is C15H15N3O2S. The molecule has 2 rings (SSSR count). The maximum absolute atomic E-state index is 10.7. The first-order valence-electron chi connectivity index (χ1n) is 6.43. The summed E-state index contributed by atoms with van der Waals surface area (Å²) in [6, 6.07) is 16.2. The fourth-order valence-corrected chi connectivity index (χ4v) is 2.18. The van der Waals surface area contributed by atoms with Crippen molar-refractivity contribution >= 4 is 28.7 Å². The Labute approximate surface area is 128 Å². The van der Waals surface area contributed by atoms with Crippen molar-refractivity contribution < 1.29 is 4.92 Å². The van der Waals surface area contributed by atoms with Crippen LogP contribution in [0.1, 0.15) is 18.5 Å². The second-order valence-electron chi connectivity index (χ2n) is 4.54. The van der Waals surface area contributed by atoms with Gasteiger partial charge in [-0.05, 0) is 30.8 Å². The molecule has 2 aromatic rings. The van der Waals surface area contributed by atoms with E-state index in [-0.39, 0.29) is 11.7 Å². The van der Waals surface area contributed by atoms with Gasteiger partial charge in [-0.3, -0.25) is 10.1 Å². The molecule has 0 spiro atoms. The minimum absolute atomic E-state index is 0.0268. The van der Waals surface area contributed by atoms with Crippen molar-refractivity contribution in [3.63, 3.8) is 0 Å². The number of nitro benzene ring substituents is 1. The van der Waals surface area contributed by atoms with Gasteiger partial charge < -0.3 is 10.6 Å². The van der Waals surface area contributed by atoms with Gasteiger partial charge in [0.15, 0.2) is 5.11 Å². The zero-order valence-electron chi connectivity index (χ0n) is 11.4. The highest BCUT2D eigenvalue weighted by Gasteiger charge is 2.09. The molecule has 0 aromatic heterocycles. The Morgan fingerprint density at radius 2 is 1.90 bits per heavy atom. The zero-order valence-corrected chi connectivity index (χ0v) is 12.3. The van der Waals surface area contributed by atoms with Crippen molar-refractivity contribution in [3.8, 4) is 0 Å². The van der Waals surface area contributed by atoms with Crippen LogP contribution in [0, 0.1) is 10.1 Å². The molecule has 0 radical (unpaired) electrons. The van der Waals surface area contributed by atoms with Crippen LogP contribution in [0.15, 0.2) is 54.6 Å². The van der Waals surface area contributed by atoms with E-state index in [0.29, 0.717) is 10.8 Å². The fraction of sp³-hybridized carbons (Fsp3) is 0.133. The van der Waals surface area contributed by atoms with Crippen LogP contribution < -0.4 is 10.6 Å². The molecule has 2 aromatic carbocycles. The van der Waals surface area contributed by atoms with Crippen LogP contribution in [-0.4, -0.2) is 10.0 Å². The van der Waals surface area contributed by atoms with Gasteiger partial charge in [0, 0.05) is 17.8 Å². The predicted octanol–water partition coefficient (Wildman–Crippen LogP) is 3.64. The third-order valence-electron chi connectivity index (χ3n) is 2.96. The smallest absolute Gasteiger partial charge is 0.271 e. The van der Waals surface area contributed by atoms with Crippen LogP contribution in [0.5, 0.6) is 0 Å². The molecule has 0 saturated heterocycles. The quantitative estimate of drug-likeness (QED) is 0.512. The molecule has 21 heavy (non-hydrogen) atoms. The molecule has 1 atom stereocenters. The summed E-state index contributed by atoms with van der Waals surface area (Å²) in [5.41, 5.74) is 1.72. The summed E-state index contributed by atoms with van der Waals surface area (Å²) in [5.74, 6) is 0. The monoisotopic (exact) mass is 301 g/mol. The summed E-state index contributed by atoms with van der Waals surface area (Å²) in [4.78, 5) is 10.3. The number of hydrogen-bond donors (Lipinski definition) is 2. The molecule has 1 unspecified atom stereocenters. The third-order valence-corrected chi connectivity index (χ3v) is 3.18. The Morgan fingerprint density at radius 3 is 2.57 bits per heavy atom. The Morgan fingerprint density at radius 1 is 1.19 bits per heavy atom. The largest absolute Gasteiger partial charge is 0.356 e. The number of benzene rings is 2. The first-order chi connectivity index (χ1) is 10.1. The van der Waals surface area contributed by atoms with Crippen LogP contribution in [0.3, 0.4) is 0 Å². The molecule has 2 N–H and O–H groups in total. The lowest BCUT2D eigenvalue weighted by molar-refractivity contribution is -0.384. The summed E-state index contributed by atoms with van der Waals surface area (Å²) in [6.45, 7) is 2.00. The van der Waals surface area contributed by atoms with E-state index in [4.69, 9.17) is 12.2 Å². The zero-order chi connectivity index (χ0) is 15.2. The lowest BCUT2D eigenvalue weighted by Crippen LogP contribution is -2.30. The fourth-order valence-electron chi connectivity index (χ4n) is 1.89. The van der Waals surface area contributed by atoms with Gasteiger partial charge in [0.25, 0.3) is 5.69 Å². The van der Waals surface area contributed by atoms with E-state index < -0.39 is 4.92 Å². The van der Waals surface area contributed by atoms with E-state index in [1.807, 2.05) is 37.3 Å². The highest BCUT2D eigenvalue weighted by Crippen LogP contribution is 2.17. The van der Waals surface area contributed by atoms with E-state index in [9.17, 15) is 10.1 Å². The van der Waals surface area contributed by atoms with E-state index in [2.05, 4.69) is 10.6 Å². The Hall–Kier alpha value is -2.47. The van der Waals surface area contributed by atoms with Crippen LogP contribution >= 0.6 is 12.2 Å². The van der Waals surface area contributed by atoms with Gasteiger partial charge >= 0.3 is 0 Å². The van der Waals surface area contributed by atoms with Gasteiger partial charge in [0.2, 0.25) is 0 Å². The number of nitrogens with one attached hydrogen (secondary N) is 2. The molecule has 0 fully saturated rings. The van der Waals surface area contributed by atoms with Gasteiger partial charge in [-0.1, -0.05) is 36.4 Å². The van der Waals surface area contributed by atoms with E-state index >= 15 is 0 Å². The van der Waals surface area contributed by atoms with Crippen molar-refractivity contribution in [1.82, 2.24) is 5.32 Å². The predicted molar refractivity (Wildman–Crippen MR) is 87.3 cm³/mol. The maximum atomic E-state index is 10.7. The first kappa shape index (κ1) is 14.9. The second kappa shape index (κ2) is 6.81. The van der Waals surface area contributed by atoms with Gasteiger partial charge in [0.1, 0.15) is 0 Å². The highest BCUT2D eigenvalue weighted by molar-refractivity contribution is 7.80. The van der Waals surface area contributed by atoms with Gasteiger partial charge in [-0.2, -0.15) is 0 Å². The molecule has 5 nitrogen and oxygen atoms in total. The van der Waals surface area contributed by atoms with Gasteiger partial charge in [-0.25, -0.2) is 0 Å². The minimum Gasteiger partial charge on any atom is -0.356 e. The number of anilines is 1. The molecular weight excluding hydrogens is 286 g/mol. The topological polar surface area (TPSA) is 67.2 Å². The molecule has 0 saturated carbocycles. The minimum atomic E-state index is -0.436. The number of hydrogen-bond acceptors (Lipinski definition) is 3. The van der Waals surface area contributed by atoms with E-state index in [1.165, 1.54) is 12.1 Å². The Balaban J connectivity index is 1.99. The number of non-ortho nitro benzene ring substituents is 1. The van der Waals surface area contributed by atoms with Crippen molar-refractivity contribution in [2.75, 3.05) is 5.32 Å². The van der Waals surface area contributed by atoms with Crippen LogP contribution in [0.25, 0.3) is 0 Å². The lowest BCUT2D eigenvalue weighted by Gasteiger charge is -2.17. The average Bonchev–Trinajstić information content (AvgIpc) is 2.48. The molecule has 0 aliphatic heterocycles. The summed E-state index contributed by atoms with van der Waals surface area (Å²) >= 11 is 5.23. The normalized spacial score (nSPS) is 11.5. The summed E-state index contributed by atoms with van der Waals surface area (Å²) in [6.07, 6.45) is 0. The number of thiocarbonyl (C=S) groups is 1. The number of nitrogens with zero attached hydrogens (tertiary/aromatic N) is 1. The molecule has 6 heteroatoms. The highest BCUT2D eigenvalue weighted by atomic mass is 32.1. The second-order valence-corrected chi connectivity index (χ2v) is 4.95. The van der Waals surface area contributed by atoms with Crippen molar-refractivity contribution in [3.05, 3.63) is 70.3 Å². The van der Waals surface area contributed by atoms with Crippen LogP contribution in [0.2, 0.25) is 0 Å². The van der Waals surface area contributed by atoms with Crippen LogP contribution in [-0.2, 0) is 0 Å². The van der Waals surface area contributed by atoms with Crippen molar-refractivity contribution in [1.29, 1.82) is 0 Å². The maximum Gasteiger partial charge on any atom is 0.271 e. The van der Waals surface area contributed by atoms with E-state index in [0.717, 1.165) is 5.56 Å². The summed E-state index contributed by atoms with van der Waals surface area (Å²) < 4.78 is 0. The molecule has 0 aliphatic carbocycles. The number of nitro groups is 1. The molecule has 0 bridgehead atoms. The standard InChI is InChI=1S/C15H15N3O2S/c1-11(12-6-3-2-4-7-12)16-15(21)17-13-8-5-9-14(10-13)18(19)20/h2-11H,1H3,(H2,16,17,21). The SMILES string of the molecule is CC(NC(=S)Nc1cccc([N+](=O)[O-])c1)c1ccccc1. The van der Waals surface area contributed by atoms with Gasteiger partial charge in [-0.15, -0.1) is 0 Å². The lowest BCUT2D eigenvalue weighted by atomic mass is 10.1. The van der Waals surface area contributed by atoms with Crippen molar-refractivity contribution in [2.24, 2.45) is 0 Å². The Kier molecular flexibility index (Phi) is 4.84. The molecule has 0 amide bonds. The summed E-state index contributed by atoms with van der Waals surface area (Å²) in [7, 11) is 0. The molecule has 0 heterocycles. The first-order valence-corrected chi connectivity index (χ1v) is 6.84. The number of rotatable bonds is 4. The van der Waals surface area contributed by atoms with E-state index in [1.54, 1.807) is 12.1 Å². The van der Waals surface area contributed by atoms with Gasteiger partial charge in [0.05, 0.1) is 11.0 Å². The molecule has 108 valence electrons. The van der Waals surface area contributed by atoms with Crippen molar-refractivity contribution in [2.45, 2.75) is 13.0 Å². The Bertz CT molecular complexity index is 646. The van der Waals surface area contributed by atoms with Crippen LogP contribution in [0.4, 0.5) is 11.4 Å². The molecule has 0 aliphatic rings. The summed E-state index contributed by atoms with van der Waals surface area (Å²) in [5, 5.41) is 17.3.